The van der Waals surface area contributed by atoms with E-state index in [-0.39, 0.29) is 11.8 Å². The lowest BCUT2D eigenvalue weighted by atomic mass is 9.93. The van der Waals surface area contributed by atoms with Crippen LogP contribution in [0.2, 0.25) is 0 Å². The van der Waals surface area contributed by atoms with Crippen molar-refractivity contribution in [2.45, 2.75) is 16.7 Å². The molecule has 8 nitrogen and oxygen atoms in total. The molecule has 1 saturated heterocycles. The van der Waals surface area contributed by atoms with Crippen LogP contribution in [0.15, 0.2) is 65.6 Å². The summed E-state index contributed by atoms with van der Waals surface area (Å²) in [5, 5.41) is 15.6. The molecule has 4 rings (SSSR count). The van der Waals surface area contributed by atoms with Crippen molar-refractivity contribution in [3.8, 4) is 0 Å². The highest BCUT2D eigenvalue weighted by Gasteiger charge is 2.35. The summed E-state index contributed by atoms with van der Waals surface area (Å²) in [6.45, 7) is 3.91. The van der Waals surface area contributed by atoms with Gasteiger partial charge in [0.05, 0.1) is 16.7 Å². The summed E-state index contributed by atoms with van der Waals surface area (Å²) in [4.78, 5) is 24.3. The van der Waals surface area contributed by atoms with Crippen LogP contribution < -0.4 is 0 Å². The number of rotatable bonds is 3. The van der Waals surface area contributed by atoms with E-state index in [1.807, 2.05) is 36.4 Å². The molecule has 1 fully saturated rings. The molecular formula is C23H26N2O6S. The Kier molecular flexibility index (Phi) is 7.44. The second-order valence-electron chi connectivity index (χ2n) is 7.75. The average molecular weight is 459 g/mol. The fourth-order valence-electron chi connectivity index (χ4n) is 3.99. The lowest BCUT2D eigenvalue weighted by molar-refractivity contribution is -0.134. The van der Waals surface area contributed by atoms with Crippen LogP contribution in [-0.4, -0.2) is 73.6 Å². The molecule has 2 aromatic rings. The zero-order valence-electron chi connectivity index (χ0n) is 17.7. The van der Waals surface area contributed by atoms with E-state index in [2.05, 4.69) is 22.9 Å². The van der Waals surface area contributed by atoms with E-state index >= 15 is 0 Å². The topological polar surface area (TPSA) is 115 Å². The summed E-state index contributed by atoms with van der Waals surface area (Å²) >= 11 is 0. The van der Waals surface area contributed by atoms with Gasteiger partial charge >= 0.3 is 11.9 Å². The van der Waals surface area contributed by atoms with Crippen LogP contribution in [-0.2, 0) is 25.2 Å². The summed E-state index contributed by atoms with van der Waals surface area (Å²) in [6, 6.07) is 15.5. The van der Waals surface area contributed by atoms with Gasteiger partial charge in [0, 0.05) is 38.3 Å². The maximum atomic E-state index is 12.9. The number of hydrogen-bond acceptors (Lipinski definition) is 6. The van der Waals surface area contributed by atoms with E-state index in [4.69, 9.17) is 10.2 Å². The lowest BCUT2D eigenvalue weighted by Crippen LogP contribution is -2.46. The standard InChI is InChI=1S/C19H22N2O2S.C4H4O4/c1-20-10-12-21(13-11-20)19-16-7-3-2-6-15(16)14-24(22,23)18-9-5-4-8-17(18)19;5-3(6)1-2-4(7)8/h2-9,19H,10-14H2,1H3;1-2H,(H,5,6)(H,7,8)/b;2-1+. The largest absolute Gasteiger partial charge is 0.478 e. The van der Waals surface area contributed by atoms with Gasteiger partial charge in [-0.3, -0.25) is 4.90 Å². The number of benzene rings is 2. The van der Waals surface area contributed by atoms with Gasteiger partial charge in [-0.1, -0.05) is 42.5 Å². The SMILES string of the molecule is CN1CCN(C2c3ccccc3CS(=O)(=O)c3ccccc32)CC1.O=C(O)/C=C/C(=O)O. The first kappa shape index (κ1) is 23.6. The molecule has 2 N–H and O–H groups in total. The highest BCUT2D eigenvalue weighted by molar-refractivity contribution is 7.90. The number of carboxylic acids is 2. The fourth-order valence-corrected chi connectivity index (χ4v) is 5.64. The number of hydrogen-bond donors (Lipinski definition) is 2. The van der Waals surface area contributed by atoms with E-state index in [0.29, 0.717) is 17.0 Å². The minimum atomic E-state index is -3.31. The summed E-state index contributed by atoms with van der Waals surface area (Å²) in [5.41, 5.74) is 2.99. The van der Waals surface area contributed by atoms with Gasteiger partial charge < -0.3 is 15.1 Å². The molecule has 0 bridgehead atoms. The Morgan fingerprint density at radius 3 is 2.00 bits per heavy atom. The smallest absolute Gasteiger partial charge is 0.328 e. The summed E-state index contributed by atoms with van der Waals surface area (Å²) in [5.74, 6) is -2.43. The van der Waals surface area contributed by atoms with E-state index in [1.54, 1.807) is 6.07 Å². The van der Waals surface area contributed by atoms with Crippen molar-refractivity contribution in [2.24, 2.45) is 0 Å². The van der Waals surface area contributed by atoms with E-state index in [1.165, 1.54) is 0 Å². The van der Waals surface area contributed by atoms with Crippen molar-refractivity contribution in [2.75, 3.05) is 33.2 Å². The lowest BCUT2D eigenvalue weighted by Gasteiger charge is -2.38. The normalized spacial score (nSPS) is 20.3. The van der Waals surface area contributed by atoms with Crippen molar-refractivity contribution in [1.82, 2.24) is 9.80 Å². The first-order valence-corrected chi connectivity index (χ1v) is 11.8. The molecule has 0 spiro atoms. The molecule has 0 saturated carbocycles. The molecule has 0 radical (unpaired) electrons. The number of carboxylic acid groups (broad SMARTS) is 2. The number of sulfone groups is 1. The van der Waals surface area contributed by atoms with Crippen molar-refractivity contribution < 1.29 is 28.2 Å². The highest BCUT2D eigenvalue weighted by Crippen LogP contribution is 2.39. The van der Waals surface area contributed by atoms with Crippen LogP contribution in [0.25, 0.3) is 0 Å². The average Bonchev–Trinajstić information content (AvgIpc) is 2.85. The van der Waals surface area contributed by atoms with Gasteiger partial charge in [-0.15, -0.1) is 0 Å². The molecule has 2 heterocycles. The Morgan fingerprint density at radius 1 is 0.875 bits per heavy atom. The third-order valence-corrected chi connectivity index (χ3v) is 7.25. The second-order valence-corrected chi connectivity index (χ2v) is 9.71. The minimum Gasteiger partial charge on any atom is -0.478 e. The van der Waals surface area contributed by atoms with E-state index < -0.39 is 21.8 Å². The molecule has 32 heavy (non-hydrogen) atoms. The third-order valence-electron chi connectivity index (χ3n) is 5.52. The number of nitrogens with zero attached hydrogens (tertiary/aromatic N) is 2. The summed E-state index contributed by atoms with van der Waals surface area (Å²) in [7, 11) is -1.18. The van der Waals surface area contributed by atoms with Crippen molar-refractivity contribution in [1.29, 1.82) is 0 Å². The van der Waals surface area contributed by atoms with Gasteiger partial charge in [0.1, 0.15) is 0 Å². The van der Waals surface area contributed by atoms with Crippen molar-refractivity contribution in [3.63, 3.8) is 0 Å². The quantitative estimate of drug-likeness (QED) is 0.672. The number of likely N-dealkylation sites (N-methyl/N-ethyl adjacent to an activating group) is 1. The van der Waals surface area contributed by atoms with Crippen LogP contribution in [0.5, 0.6) is 0 Å². The molecule has 1 atom stereocenters. The number of piperazine rings is 1. The molecule has 0 amide bonds. The Balaban J connectivity index is 0.000000312. The zero-order chi connectivity index (χ0) is 23.3. The van der Waals surface area contributed by atoms with Gasteiger partial charge in [-0.25, -0.2) is 18.0 Å². The minimum absolute atomic E-state index is 0.0170. The molecule has 2 aliphatic heterocycles. The summed E-state index contributed by atoms with van der Waals surface area (Å²) < 4.78 is 25.8. The van der Waals surface area contributed by atoms with Crippen LogP contribution in [0.1, 0.15) is 22.7 Å². The van der Waals surface area contributed by atoms with Gasteiger partial charge in [-0.2, -0.15) is 0 Å². The Morgan fingerprint density at radius 2 is 1.41 bits per heavy atom. The monoisotopic (exact) mass is 458 g/mol. The van der Waals surface area contributed by atoms with E-state index in [0.717, 1.165) is 42.9 Å². The molecular weight excluding hydrogens is 432 g/mol. The number of carbonyl (C=O) groups is 2. The molecule has 170 valence electrons. The van der Waals surface area contributed by atoms with Crippen LogP contribution in [0.3, 0.4) is 0 Å². The maximum Gasteiger partial charge on any atom is 0.328 e. The maximum absolute atomic E-state index is 12.9. The molecule has 0 aromatic heterocycles. The van der Waals surface area contributed by atoms with Gasteiger partial charge in [0.15, 0.2) is 9.84 Å². The third kappa shape index (κ3) is 5.61. The zero-order valence-corrected chi connectivity index (χ0v) is 18.5. The molecule has 2 aromatic carbocycles. The number of fused-ring (bicyclic) bond motifs is 2. The molecule has 2 aliphatic rings. The Bertz CT molecular complexity index is 1100. The molecule has 1 unspecified atom stereocenters. The number of aliphatic carboxylic acids is 2. The first-order chi connectivity index (χ1) is 15.2. The van der Waals surface area contributed by atoms with Crippen LogP contribution >= 0.6 is 0 Å². The Labute approximate surface area is 187 Å². The second kappa shape index (κ2) is 10.1. The van der Waals surface area contributed by atoms with Gasteiger partial charge in [0.25, 0.3) is 0 Å². The van der Waals surface area contributed by atoms with Gasteiger partial charge in [-0.05, 0) is 29.8 Å². The van der Waals surface area contributed by atoms with Gasteiger partial charge in [0.2, 0.25) is 0 Å². The molecule has 9 heteroatoms. The van der Waals surface area contributed by atoms with Crippen LogP contribution in [0.4, 0.5) is 0 Å². The van der Waals surface area contributed by atoms with Crippen molar-refractivity contribution in [3.05, 3.63) is 77.4 Å². The predicted octanol–water partition coefficient (Wildman–Crippen LogP) is 2.02. The highest BCUT2D eigenvalue weighted by atomic mass is 32.2. The van der Waals surface area contributed by atoms with E-state index in [9.17, 15) is 18.0 Å². The predicted molar refractivity (Wildman–Crippen MR) is 119 cm³/mol. The first-order valence-electron chi connectivity index (χ1n) is 10.1. The van der Waals surface area contributed by atoms with Crippen molar-refractivity contribution >= 4 is 21.8 Å². The molecule has 0 aliphatic carbocycles. The summed E-state index contributed by atoms with van der Waals surface area (Å²) in [6.07, 6.45) is 1.12. The fraction of sp³-hybridized carbons (Fsp3) is 0.304. The van der Waals surface area contributed by atoms with Crippen LogP contribution in [0, 0.1) is 0 Å². The Hall–Kier alpha value is -3.01.